The molecule has 4 rings (SSSR count). The van der Waals surface area contributed by atoms with Gasteiger partial charge in [-0.25, -0.2) is 14.3 Å². The van der Waals surface area contributed by atoms with Crippen molar-refractivity contribution in [3.8, 4) is 22.7 Å². The average molecular weight is 517 g/mol. The number of likely N-dealkylation sites (tertiary alicyclic amines) is 1. The van der Waals surface area contributed by atoms with E-state index in [4.69, 9.17) is 4.74 Å². The number of carbonyl (C=O) groups is 1. The number of benzene rings is 1. The van der Waals surface area contributed by atoms with Gasteiger partial charge in [0.05, 0.1) is 19.2 Å². The summed E-state index contributed by atoms with van der Waals surface area (Å²) in [5.74, 6) is -2.15. The minimum Gasteiger partial charge on any atom is -0.494 e. The average Bonchev–Trinajstić information content (AvgIpc) is 3.42. The van der Waals surface area contributed by atoms with Crippen LogP contribution >= 0.6 is 0 Å². The van der Waals surface area contributed by atoms with Gasteiger partial charge in [-0.2, -0.15) is 31.4 Å². The Morgan fingerprint density at radius 1 is 1.17 bits per heavy atom. The normalized spacial score (nSPS) is 19.4. The smallest absolute Gasteiger partial charge is 0.406 e. The summed E-state index contributed by atoms with van der Waals surface area (Å²) in [6, 6.07) is 3.28. The number of hydrogen-bond acceptors (Lipinski definition) is 6. The zero-order valence-corrected chi connectivity index (χ0v) is 19.1. The third-order valence-corrected chi connectivity index (χ3v) is 5.84. The molecule has 3 heterocycles. The number of alkyl halides is 6. The molecule has 9 nitrogen and oxygen atoms in total. The van der Waals surface area contributed by atoms with E-state index in [9.17, 15) is 31.1 Å². The van der Waals surface area contributed by atoms with E-state index in [0.717, 1.165) is 4.68 Å². The monoisotopic (exact) mass is 517 g/mol. The molecule has 3 aromatic rings. The molecule has 1 aliphatic heterocycles. The third kappa shape index (κ3) is 5.44. The highest BCUT2D eigenvalue weighted by Gasteiger charge is 2.47. The fourth-order valence-corrected chi connectivity index (χ4v) is 4.06. The fourth-order valence-electron chi connectivity index (χ4n) is 4.06. The lowest BCUT2D eigenvalue weighted by atomic mass is 9.97. The van der Waals surface area contributed by atoms with Crippen molar-refractivity contribution in [2.45, 2.75) is 38.2 Å². The van der Waals surface area contributed by atoms with Gasteiger partial charge in [-0.3, -0.25) is 4.79 Å². The van der Waals surface area contributed by atoms with Gasteiger partial charge in [-0.05, 0) is 31.9 Å². The van der Waals surface area contributed by atoms with Crippen LogP contribution in [-0.2, 0) is 4.79 Å². The summed E-state index contributed by atoms with van der Waals surface area (Å²) >= 11 is 0. The number of aryl methyl sites for hydroxylation is 1. The predicted octanol–water partition coefficient (Wildman–Crippen LogP) is 3.75. The molecule has 0 aliphatic carbocycles. The predicted molar refractivity (Wildman–Crippen MR) is 112 cm³/mol. The van der Waals surface area contributed by atoms with E-state index in [-0.39, 0.29) is 5.69 Å². The Kier molecular flexibility index (Phi) is 6.66. The summed E-state index contributed by atoms with van der Waals surface area (Å²) in [4.78, 5) is 17.3. The van der Waals surface area contributed by atoms with Gasteiger partial charge >= 0.3 is 12.4 Å². The summed E-state index contributed by atoms with van der Waals surface area (Å²) in [6.45, 7) is -0.598. The molecule has 1 aliphatic rings. The lowest BCUT2D eigenvalue weighted by Crippen LogP contribution is -2.42. The van der Waals surface area contributed by atoms with Crippen molar-refractivity contribution < 1.29 is 35.9 Å². The maximum absolute atomic E-state index is 13.5. The second-order valence-corrected chi connectivity index (χ2v) is 8.36. The maximum Gasteiger partial charge on any atom is 0.406 e. The van der Waals surface area contributed by atoms with Crippen molar-refractivity contribution in [1.29, 1.82) is 0 Å². The van der Waals surface area contributed by atoms with Crippen LogP contribution in [0.25, 0.3) is 16.9 Å². The molecule has 2 aromatic heterocycles. The zero-order chi connectivity index (χ0) is 26.3. The number of ether oxygens (including phenoxy) is 1. The van der Waals surface area contributed by atoms with Crippen molar-refractivity contribution >= 4 is 5.91 Å². The molecule has 0 bridgehead atoms. The van der Waals surface area contributed by atoms with E-state index in [1.165, 1.54) is 24.3 Å². The molecule has 0 N–H and O–H groups in total. The molecule has 194 valence electrons. The molecular formula is C21H21F6N7O2. The van der Waals surface area contributed by atoms with Gasteiger partial charge in [0.25, 0.3) is 0 Å². The second-order valence-electron chi connectivity index (χ2n) is 8.36. The van der Waals surface area contributed by atoms with Gasteiger partial charge in [-0.15, -0.1) is 5.10 Å². The van der Waals surface area contributed by atoms with Crippen LogP contribution in [-0.4, -0.2) is 73.1 Å². The molecule has 36 heavy (non-hydrogen) atoms. The first kappa shape index (κ1) is 25.4. The third-order valence-electron chi connectivity index (χ3n) is 5.84. The van der Waals surface area contributed by atoms with Crippen molar-refractivity contribution in [2.75, 3.05) is 20.2 Å². The number of aromatic nitrogens is 6. The van der Waals surface area contributed by atoms with Crippen molar-refractivity contribution in [3.05, 3.63) is 36.5 Å². The zero-order valence-electron chi connectivity index (χ0n) is 19.1. The minimum absolute atomic E-state index is 0.192. The van der Waals surface area contributed by atoms with Gasteiger partial charge in [0.1, 0.15) is 41.9 Å². The molecule has 0 radical (unpaired) electrons. The van der Waals surface area contributed by atoms with Gasteiger partial charge in [-0.1, -0.05) is 11.3 Å². The standard InChI is InChI=1S/C21H21F6N7O2/c1-12-28-11-34(30-12)16-4-3-13(7-18(16)36-2)15-9-33(31-29-15)17-8-14(21(25,26)27)5-6-32(19(17)35)10-20(22,23)24/h3-4,7,9,11,14,17H,5-6,8,10H2,1-2H3. The van der Waals surface area contributed by atoms with Crippen LogP contribution < -0.4 is 4.74 Å². The molecule has 15 heteroatoms. The second kappa shape index (κ2) is 9.43. The summed E-state index contributed by atoms with van der Waals surface area (Å²) in [6.07, 6.45) is -8.09. The van der Waals surface area contributed by atoms with E-state index in [1.54, 1.807) is 25.1 Å². The number of methoxy groups -OCH3 is 1. The number of amides is 1. The Morgan fingerprint density at radius 2 is 1.92 bits per heavy atom. The molecule has 2 atom stereocenters. The number of halogens is 6. The fraction of sp³-hybridized carbons (Fsp3) is 0.476. The van der Waals surface area contributed by atoms with Gasteiger partial charge in [0.15, 0.2) is 0 Å². The molecule has 1 saturated heterocycles. The first-order chi connectivity index (χ1) is 16.9. The summed E-state index contributed by atoms with van der Waals surface area (Å²) < 4.78 is 87.3. The number of hydrogen-bond donors (Lipinski definition) is 0. The molecule has 1 fully saturated rings. The highest BCUT2D eigenvalue weighted by atomic mass is 19.4. The Hall–Kier alpha value is -3.65. The van der Waals surface area contributed by atoms with Crippen LogP contribution in [0.4, 0.5) is 26.3 Å². The topological polar surface area (TPSA) is 91.0 Å². The van der Waals surface area contributed by atoms with E-state index in [1.807, 2.05) is 0 Å². The molecule has 1 amide bonds. The van der Waals surface area contributed by atoms with Crippen LogP contribution in [0.3, 0.4) is 0 Å². The van der Waals surface area contributed by atoms with Crippen LogP contribution in [0.2, 0.25) is 0 Å². The van der Waals surface area contributed by atoms with Gasteiger partial charge in [0, 0.05) is 12.1 Å². The quantitative estimate of drug-likeness (QED) is 0.479. The van der Waals surface area contributed by atoms with Crippen molar-refractivity contribution in [2.24, 2.45) is 5.92 Å². The summed E-state index contributed by atoms with van der Waals surface area (Å²) in [5, 5.41) is 12.0. The maximum atomic E-state index is 13.5. The SMILES string of the molecule is COc1cc(-c2cn(C3CC(C(F)(F)F)CCN(CC(F)(F)F)C3=O)nn2)ccc1-n1cnc(C)n1. The highest BCUT2D eigenvalue weighted by Crippen LogP contribution is 2.39. The highest BCUT2D eigenvalue weighted by molar-refractivity contribution is 5.81. The molecule has 1 aromatic carbocycles. The van der Waals surface area contributed by atoms with E-state index >= 15 is 0 Å². The van der Waals surface area contributed by atoms with E-state index in [2.05, 4.69) is 20.4 Å². The lowest BCUT2D eigenvalue weighted by molar-refractivity contribution is -0.179. The Bertz CT molecular complexity index is 1240. The van der Waals surface area contributed by atoms with Gasteiger partial charge in [0.2, 0.25) is 5.91 Å². The van der Waals surface area contributed by atoms with Gasteiger partial charge < -0.3 is 9.64 Å². The molecule has 0 spiro atoms. The van der Waals surface area contributed by atoms with Crippen LogP contribution in [0.1, 0.15) is 24.7 Å². The number of carbonyl (C=O) groups excluding carboxylic acids is 1. The van der Waals surface area contributed by atoms with Crippen molar-refractivity contribution in [3.63, 3.8) is 0 Å². The van der Waals surface area contributed by atoms with Crippen LogP contribution in [0, 0.1) is 12.8 Å². The first-order valence-corrected chi connectivity index (χ1v) is 10.8. The summed E-state index contributed by atoms with van der Waals surface area (Å²) in [7, 11) is 1.43. The van der Waals surface area contributed by atoms with E-state index in [0.29, 0.717) is 27.7 Å². The van der Waals surface area contributed by atoms with Crippen LogP contribution in [0.15, 0.2) is 30.7 Å². The van der Waals surface area contributed by atoms with E-state index < -0.39 is 56.2 Å². The van der Waals surface area contributed by atoms with Crippen LogP contribution in [0.5, 0.6) is 5.75 Å². The number of nitrogens with zero attached hydrogens (tertiary/aromatic N) is 7. The molecule has 2 unspecified atom stereocenters. The molecular weight excluding hydrogens is 496 g/mol. The first-order valence-electron chi connectivity index (χ1n) is 10.8. The molecule has 0 saturated carbocycles. The Morgan fingerprint density at radius 3 is 2.53 bits per heavy atom. The Labute approximate surface area is 200 Å². The summed E-state index contributed by atoms with van der Waals surface area (Å²) in [5.41, 5.74) is 1.21. The number of rotatable bonds is 5. The van der Waals surface area contributed by atoms with Crippen molar-refractivity contribution in [1.82, 2.24) is 34.7 Å². The lowest BCUT2D eigenvalue weighted by Gasteiger charge is -2.25. The Balaban J connectivity index is 1.66. The minimum atomic E-state index is -4.76. The largest absolute Gasteiger partial charge is 0.494 e.